The van der Waals surface area contributed by atoms with Crippen molar-refractivity contribution in [3.05, 3.63) is 41.7 Å². The van der Waals surface area contributed by atoms with Gasteiger partial charge in [-0.3, -0.25) is 0 Å². The van der Waals surface area contributed by atoms with Crippen LogP contribution >= 0.6 is 0 Å². The average molecular weight is 256 g/mol. The lowest BCUT2D eigenvalue weighted by molar-refractivity contribution is 0.410. The molecule has 0 saturated heterocycles. The van der Waals surface area contributed by atoms with Crippen molar-refractivity contribution in [2.24, 2.45) is 0 Å². The van der Waals surface area contributed by atoms with Gasteiger partial charge in [0, 0.05) is 18.8 Å². The normalized spacial score (nSPS) is 14.1. The van der Waals surface area contributed by atoms with Crippen molar-refractivity contribution in [3.63, 3.8) is 0 Å². The zero-order chi connectivity index (χ0) is 13.2. The molecule has 0 saturated carbocycles. The zero-order valence-electron chi connectivity index (χ0n) is 10.8. The van der Waals surface area contributed by atoms with E-state index in [1.165, 1.54) is 11.1 Å². The van der Waals surface area contributed by atoms with E-state index < -0.39 is 0 Å². The lowest BCUT2D eigenvalue weighted by Gasteiger charge is -2.29. The Kier molecular flexibility index (Phi) is 2.95. The molecule has 98 valence electrons. The molecule has 5 heteroatoms. The molecule has 3 rings (SSSR count). The number of anilines is 2. The standard InChI is InChI=1S/C14H16N4O/c1-19-11-7-16-14(17-8-11)18-6-5-12-10(9-18)3-2-4-13(12)15/h2-4,7-8H,5-6,9,15H2,1H3. The number of rotatable bonds is 2. The third-order valence-corrected chi connectivity index (χ3v) is 3.44. The van der Waals surface area contributed by atoms with E-state index in [1.54, 1.807) is 19.5 Å². The number of hydrogen-bond acceptors (Lipinski definition) is 5. The Bertz CT molecular complexity index is 582. The molecule has 2 N–H and O–H groups in total. The summed E-state index contributed by atoms with van der Waals surface area (Å²) in [7, 11) is 1.61. The number of nitrogens with zero attached hydrogens (tertiary/aromatic N) is 3. The van der Waals surface area contributed by atoms with Crippen molar-refractivity contribution in [3.8, 4) is 5.75 Å². The fraction of sp³-hybridized carbons (Fsp3) is 0.286. The third kappa shape index (κ3) is 2.19. The molecule has 2 aromatic rings. The van der Waals surface area contributed by atoms with Crippen LogP contribution in [0.1, 0.15) is 11.1 Å². The number of benzene rings is 1. The first-order valence-electron chi connectivity index (χ1n) is 6.25. The molecular formula is C14H16N4O. The Hall–Kier alpha value is -2.30. The predicted molar refractivity (Wildman–Crippen MR) is 74.2 cm³/mol. The number of nitrogens with two attached hydrogens (primary N) is 1. The maximum Gasteiger partial charge on any atom is 0.225 e. The number of aromatic nitrogens is 2. The molecule has 1 aliphatic heterocycles. The van der Waals surface area contributed by atoms with Crippen molar-refractivity contribution in [1.29, 1.82) is 0 Å². The van der Waals surface area contributed by atoms with E-state index in [1.807, 2.05) is 12.1 Å². The Morgan fingerprint density at radius 3 is 2.79 bits per heavy atom. The summed E-state index contributed by atoms with van der Waals surface area (Å²) in [4.78, 5) is 10.8. The summed E-state index contributed by atoms with van der Waals surface area (Å²) in [5.41, 5.74) is 9.39. The summed E-state index contributed by atoms with van der Waals surface area (Å²) in [6.45, 7) is 1.68. The molecule has 5 nitrogen and oxygen atoms in total. The monoisotopic (exact) mass is 256 g/mol. The minimum atomic E-state index is 0.672. The van der Waals surface area contributed by atoms with Crippen LogP contribution in [-0.4, -0.2) is 23.6 Å². The van der Waals surface area contributed by atoms with Gasteiger partial charge in [-0.1, -0.05) is 12.1 Å². The van der Waals surface area contributed by atoms with Crippen molar-refractivity contribution >= 4 is 11.6 Å². The van der Waals surface area contributed by atoms with Crippen LogP contribution in [-0.2, 0) is 13.0 Å². The van der Waals surface area contributed by atoms with Crippen LogP contribution in [0.3, 0.4) is 0 Å². The Morgan fingerprint density at radius 2 is 2.05 bits per heavy atom. The number of ether oxygens (including phenoxy) is 1. The fourth-order valence-corrected chi connectivity index (χ4v) is 2.39. The molecule has 0 fully saturated rings. The second kappa shape index (κ2) is 4.76. The fourth-order valence-electron chi connectivity index (χ4n) is 2.39. The largest absolute Gasteiger partial charge is 0.494 e. The van der Waals surface area contributed by atoms with Gasteiger partial charge in [0.2, 0.25) is 5.95 Å². The molecule has 1 aromatic carbocycles. The van der Waals surface area contributed by atoms with Gasteiger partial charge < -0.3 is 15.4 Å². The Balaban J connectivity index is 1.85. The Morgan fingerprint density at radius 1 is 1.26 bits per heavy atom. The van der Waals surface area contributed by atoms with Crippen LogP contribution in [0.5, 0.6) is 5.75 Å². The van der Waals surface area contributed by atoms with E-state index in [-0.39, 0.29) is 0 Å². The van der Waals surface area contributed by atoms with Gasteiger partial charge in [-0.05, 0) is 23.6 Å². The second-order valence-corrected chi connectivity index (χ2v) is 4.58. The second-order valence-electron chi connectivity index (χ2n) is 4.58. The van der Waals surface area contributed by atoms with Gasteiger partial charge in [0.15, 0.2) is 5.75 Å². The smallest absolute Gasteiger partial charge is 0.225 e. The van der Waals surface area contributed by atoms with Crippen LogP contribution in [0.25, 0.3) is 0 Å². The van der Waals surface area contributed by atoms with Crippen LogP contribution in [0.15, 0.2) is 30.6 Å². The van der Waals surface area contributed by atoms with E-state index in [4.69, 9.17) is 10.5 Å². The van der Waals surface area contributed by atoms with Crippen molar-refractivity contribution in [2.45, 2.75) is 13.0 Å². The van der Waals surface area contributed by atoms with Gasteiger partial charge in [0.25, 0.3) is 0 Å². The molecule has 0 spiro atoms. The minimum Gasteiger partial charge on any atom is -0.494 e. The predicted octanol–water partition coefficient (Wildman–Crippen LogP) is 1.63. The number of nitrogen functional groups attached to an aromatic ring is 1. The van der Waals surface area contributed by atoms with Gasteiger partial charge in [-0.15, -0.1) is 0 Å². The highest BCUT2D eigenvalue weighted by atomic mass is 16.5. The van der Waals surface area contributed by atoms with E-state index in [0.29, 0.717) is 5.75 Å². The molecule has 0 aliphatic carbocycles. The number of hydrogen-bond donors (Lipinski definition) is 1. The molecule has 0 amide bonds. The van der Waals surface area contributed by atoms with Gasteiger partial charge in [0.1, 0.15) is 0 Å². The SMILES string of the molecule is COc1cnc(N2CCc3c(N)cccc3C2)nc1. The highest BCUT2D eigenvalue weighted by Crippen LogP contribution is 2.26. The lowest BCUT2D eigenvalue weighted by Crippen LogP contribution is -2.32. The molecule has 0 radical (unpaired) electrons. The lowest BCUT2D eigenvalue weighted by atomic mass is 9.98. The third-order valence-electron chi connectivity index (χ3n) is 3.44. The van der Waals surface area contributed by atoms with Crippen LogP contribution in [0.4, 0.5) is 11.6 Å². The molecule has 2 heterocycles. The van der Waals surface area contributed by atoms with Crippen LogP contribution < -0.4 is 15.4 Å². The molecule has 1 aromatic heterocycles. The molecule has 0 bridgehead atoms. The molecule has 0 unspecified atom stereocenters. The summed E-state index contributed by atoms with van der Waals surface area (Å²) < 4.78 is 5.07. The maximum absolute atomic E-state index is 6.00. The summed E-state index contributed by atoms with van der Waals surface area (Å²) in [5, 5.41) is 0. The van der Waals surface area contributed by atoms with Crippen LogP contribution in [0, 0.1) is 0 Å². The van der Waals surface area contributed by atoms with E-state index in [0.717, 1.165) is 31.1 Å². The number of fused-ring (bicyclic) bond motifs is 1. The van der Waals surface area contributed by atoms with E-state index in [9.17, 15) is 0 Å². The first-order chi connectivity index (χ1) is 9.28. The van der Waals surface area contributed by atoms with Gasteiger partial charge in [0.05, 0.1) is 19.5 Å². The van der Waals surface area contributed by atoms with Gasteiger partial charge in [-0.25, -0.2) is 9.97 Å². The van der Waals surface area contributed by atoms with Gasteiger partial charge >= 0.3 is 0 Å². The number of methoxy groups -OCH3 is 1. The summed E-state index contributed by atoms with van der Waals surface area (Å²) in [5.74, 6) is 1.40. The topological polar surface area (TPSA) is 64.3 Å². The molecular weight excluding hydrogens is 240 g/mol. The summed E-state index contributed by atoms with van der Waals surface area (Å²) >= 11 is 0. The quantitative estimate of drug-likeness (QED) is 0.827. The maximum atomic E-state index is 6.00. The minimum absolute atomic E-state index is 0.672. The highest BCUT2D eigenvalue weighted by molar-refractivity contribution is 5.54. The van der Waals surface area contributed by atoms with Crippen molar-refractivity contribution in [1.82, 2.24) is 9.97 Å². The van der Waals surface area contributed by atoms with Crippen LogP contribution in [0.2, 0.25) is 0 Å². The summed E-state index contributed by atoms with van der Waals surface area (Å²) in [6.07, 6.45) is 4.31. The van der Waals surface area contributed by atoms with Crippen molar-refractivity contribution in [2.75, 3.05) is 24.3 Å². The molecule has 0 atom stereocenters. The molecule has 1 aliphatic rings. The van der Waals surface area contributed by atoms with E-state index >= 15 is 0 Å². The zero-order valence-corrected chi connectivity index (χ0v) is 10.8. The molecule has 19 heavy (non-hydrogen) atoms. The summed E-state index contributed by atoms with van der Waals surface area (Å²) in [6, 6.07) is 6.06. The van der Waals surface area contributed by atoms with Crippen molar-refractivity contribution < 1.29 is 4.74 Å². The van der Waals surface area contributed by atoms with E-state index in [2.05, 4.69) is 20.9 Å². The first-order valence-corrected chi connectivity index (χ1v) is 6.25. The first kappa shape index (κ1) is 11.8. The highest BCUT2D eigenvalue weighted by Gasteiger charge is 2.19. The van der Waals surface area contributed by atoms with Gasteiger partial charge in [-0.2, -0.15) is 0 Å². The average Bonchev–Trinajstić information content (AvgIpc) is 2.47. The Labute approximate surface area is 112 Å².